The first-order valence-corrected chi connectivity index (χ1v) is 6.78. The van der Waals surface area contributed by atoms with Gasteiger partial charge in [-0.3, -0.25) is 4.79 Å². The molecule has 6 heteroatoms. The lowest BCUT2D eigenvalue weighted by atomic mass is 10.1. The number of aryl methyl sites for hydroxylation is 2. The highest BCUT2D eigenvalue weighted by molar-refractivity contribution is 5.83. The fourth-order valence-electron chi connectivity index (χ4n) is 2.16. The molecule has 1 amide bonds. The van der Waals surface area contributed by atoms with Crippen LogP contribution in [0.4, 0.5) is 5.95 Å². The summed E-state index contributed by atoms with van der Waals surface area (Å²) in [5.41, 5.74) is 9.86. The molecule has 0 saturated heterocycles. The van der Waals surface area contributed by atoms with Crippen molar-refractivity contribution in [1.29, 1.82) is 5.26 Å². The number of carbonyl (C=O) groups excluding carboxylic acids is 1. The molecular weight excluding hydrogens is 266 g/mol. The standard InChI is InChI=1S/C15H19N5O/c1-10-7-12-13(8-11(10)2)20(15(17)18-12)9-14(21)19(3)6-4-5-16/h7-8H,4,6,9H2,1-3H3,(H2,17,18). The number of likely N-dealkylation sites (N-methyl/N-ethyl adjacent to an activating group) is 1. The van der Waals surface area contributed by atoms with Crippen LogP contribution in [0.1, 0.15) is 17.5 Å². The molecule has 110 valence electrons. The maximum Gasteiger partial charge on any atom is 0.242 e. The van der Waals surface area contributed by atoms with Crippen molar-refractivity contribution in [3.8, 4) is 6.07 Å². The van der Waals surface area contributed by atoms with E-state index in [2.05, 4.69) is 4.98 Å². The summed E-state index contributed by atoms with van der Waals surface area (Å²) in [5.74, 6) is 0.242. The Morgan fingerprint density at radius 1 is 1.43 bits per heavy atom. The molecule has 0 atom stereocenters. The van der Waals surface area contributed by atoms with Crippen molar-refractivity contribution in [2.75, 3.05) is 19.3 Å². The number of aromatic nitrogens is 2. The largest absolute Gasteiger partial charge is 0.369 e. The number of hydrogen-bond acceptors (Lipinski definition) is 4. The van der Waals surface area contributed by atoms with Gasteiger partial charge in [-0.2, -0.15) is 5.26 Å². The molecule has 0 radical (unpaired) electrons. The average Bonchev–Trinajstić information content (AvgIpc) is 2.72. The van der Waals surface area contributed by atoms with Gasteiger partial charge in [0.15, 0.2) is 0 Å². The van der Waals surface area contributed by atoms with E-state index < -0.39 is 0 Å². The molecule has 0 unspecified atom stereocenters. The monoisotopic (exact) mass is 285 g/mol. The van der Waals surface area contributed by atoms with Crippen molar-refractivity contribution in [2.24, 2.45) is 0 Å². The van der Waals surface area contributed by atoms with E-state index in [0.29, 0.717) is 18.9 Å². The van der Waals surface area contributed by atoms with E-state index >= 15 is 0 Å². The zero-order chi connectivity index (χ0) is 15.6. The summed E-state index contributed by atoms with van der Waals surface area (Å²) in [6, 6.07) is 6.00. The van der Waals surface area contributed by atoms with Gasteiger partial charge in [0.2, 0.25) is 11.9 Å². The second-order valence-corrected chi connectivity index (χ2v) is 5.20. The number of hydrogen-bond donors (Lipinski definition) is 1. The van der Waals surface area contributed by atoms with Crippen LogP contribution in [0.25, 0.3) is 11.0 Å². The minimum atomic E-state index is -0.0884. The van der Waals surface area contributed by atoms with E-state index in [-0.39, 0.29) is 12.5 Å². The molecule has 0 saturated carbocycles. The van der Waals surface area contributed by atoms with Crippen molar-refractivity contribution in [3.63, 3.8) is 0 Å². The molecule has 1 aromatic carbocycles. The van der Waals surface area contributed by atoms with E-state index in [4.69, 9.17) is 11.0 Å². The summed E-state index contributed by atoms with van der Waals surface area (Å²) in [7, 11) is 1.68. The second kappa shape index (κ2) is 5.83. The fraction of sp³-hybridized carbons (Fsp3) is 0.400. The zero-order valence-electron chi connectivity index (χ0n) is 12.6. The molecule has 0 aliphatic rings. The van der Waals surface area contributed by atoms with Crippen LogP contribution >= 0.6 is 0 Å². The Hall–Kier alpha value is -2.55. The summed E-state index contributed by atoms with van der Waals surface area (Å²) >= 11 is 0. The highest BCUT2D eigenvalue weighted by Gasteiger charge is 2.15. The Morgan fingerprint density at radius 2 is 2.10 bits per heavy atom. The van der Waals surface area contributed by atoms with Gasteiger partial charge in [-0.25, -0.2) is 4.98 Å². The van der Waals surface area contributed by atoms with Crippen molar-refractivity contribution >= 4 is 22.9 Å². The predicted molar refractivity (Wildman–Crippen MR) is 81.5 cm³/mol. The molecule has 0 aliphatic carbocycles. The number of nitrogens with zero attached hydrogens (tertiary/aromatic N) is 4. The molecule has 1 heterocycles. The molecule has 0 spiro atoms. The van der Waals surface area contributed by atoms with Gasteiger partial charge in [0.05, 0.1) is 23.5 Å². The summed E-state index contributed by atoms with van der Waals surface area (Å²) < 4.78 is 1.72. The number of nitriles is 1. The number of nitrogens with two attached hydrogens (primary N) is 1. The third-order valence-electron chi connectivity index (χ3n) is 3.67. The van der Waals surface area contributed by atoms with Crippen molar-refractivity contribution < 1.29 is 4.79 Å². The van der Waals surface area contributed by atoms with Gasteiger partial charge in [-0.1, -0.05) is 0 Å². The molecule has 0 fully saturated rings. The van der Waals surface area contributed by atoms with E-state index in [1.54, 1.807) is 11.6 Å². The Bertz CT molecular complexity index is 726. The van der Waals surface area contributed by atoms with Gasteiger partial charge < -0.3 is 15.2 Å². The number of fused-ring (bicyclic) bond motifs is 1. The smallest absolute Gasteiger partial charge is 0.242 e. The molecule has 6 nitrogen and oxygen atoms in total. The predicted octanol–water partition coefficient (Wildman–Crippen LogP) is 1.61. The summed E-state index contributed by atoms with van der Waals surface area (Å²) in [5, 5.41) is 8.57. The summed E-state index contributed by atoms with van der Waals surface area (Å²) in [4.78, 5) is 18.0. The van der Waals surface area contributed by atoms with Crippen LogP contribution in [0.15, 0.2) is 12.1 Å². The summed E-state index contributed by atoms with van der Waals surface area (Å²) in [6.07, 6.45) is 0.320. The molecule has 1 aromatic heterocycles. The lowest BCUT2D eigenvalue weighted by molar-refractivity contribution is -0.130. The van der Waals surface area contributed by atoms with Crippen molar-refractivity contribution in [3.05, 3.63) is 23.3 Å². The zero-order valence-corrected chi connectivity index (χ0v) is 12.6. The van der Waals surface area contributed by atoms with Crippen LogP contribution < -0.4 is 5.73 Å². The number of rotatable bonds is 4. The third kappa shape index (κ3) is 2.97. The quantitative estimate of drug-likeness (QED) is 0.924. The topological polar surface area (TPSA) is 87.9 Å². The molecule has 2 N–H and O–H groups in total. The van der Waals surface area contributed by atoms with Gasteiger partial charge in [0.25, 0.3) is 0 Å². The Kier molecular flexibility index (Phi) is 4.13. The third-order valence-corrected chi connectivity index (χ3v) is 3.67. The second-order valence-electron chi connectivity index (χ2n) is 5.20. The number of amides is 1. The van der Waals surface area contributed by atoms with E-state index in [1.165, 1.54) is 4.90 Å². The number of nitrogen functional groups attached to an aromatic ring is 1. The molecule has 21 heavy (non-hydrogen) atoms. The molecule has 2 aromatic rings. The number of anilines is 1. The Balaban J connectivity index is 2.30. The minimum absolute atomic E-state index is 0.0884. The normalized spacial score (nSPS) is 10.6. The maximum absolute atomic E-state index is 12.2. The number of benzene rings is 1. The van der Waals surface area contributed by atoms with Crippen LogP contribution in [-0.4, -0.2) is 34.0 Å². The lowest BCUT2D eigenvalue weighted by Gasteiger charge is -2.16. The number of imidazole rings is 1. The first-order chi connectivity index (χ1) is 9.93. The van der Waals surface area contributed by atoms with Gasteiger partial charge in [0, 0.05) is 13.6 Å². The highest BCUT2D eigenvalue weighted by atomic mass is 16.2. The van der Waals surface area contributed by atoms with Crippen LogP contribution in [0, 0.1) is 25.2 Å². The average molecular weight is 285 g/mol. The molecular formula is C15H19N5O. The highest BCUT2D eigenvalue weighted by Crippen LogP contribution is 2.22. The van der Waals surface area contributed by atoms with Gasteiger partial charge in [-0.15, -0.1) is 0 Å². The molecule has 2 rings (SSSR count). The fourth-order valence-corrected chi connectivity index (χ4v) is 2.16. The Morgan fingerprint density at radius 3 is 2.76 bits per heavy atom. The van der Waals surface area contributed by atoms with Gasteiger partial charge in [0.1, 0.15) is 6.54 Å². The van der Waals surface area contributed by atoms with Crippen LogP contribution in [0.3, 0.4) is 0 Å². The molecule has 0 aliphatic heterocycles. The van der Waals surface area contributed by atoms with Crippen LogP contribution in [-0.2, 0) is 11.3 Å². The van der Waals surface area contributed by atoms with E-state index in [0.717, 1.165) is 22.2 Å². The van der Waals surface area contributed by atoms with Gasteiger partial charge in [-0.05, 0) is 37.1 Å². The number of carbonyl (C=O) groups is 1. The SMILES string of the molecule is Cc1cc2nc(N)n(CC(=O)N(C)CCC#N)c2cc1C. The first-order valence-electron chi connectivity index (χ1n) is 6.78. The van der Waals surface area contributed by atoms with Crippen LogP contribution in [0.2, 0.25) is 0 Å². The van der Waals surface area contributed by atoms with Crippen LogP contribution in [0.5, 0.6) is 0 Å². The molecule has 0 bridgehead atoms. The Labute approximate surface area is 123 Å². The first kappa shape index (κ1) is 14.9. The summed E-state index contributed by atoms with van der Waals surface area (Å²) in [6.45, 7) is 4.58. The minimum Gasteiger partial charge on any atom is -0.369 e. The van der Waals surface area contributed by atoms with E-state index in [1.807, 2.05) is 32.0 Å². The van der Waals surface area contributed by atoms with Crippen molar-refractivity contribution in [1.82, 2.24) is 14.5 Å². The maximum atomic E-state index is 12.2. The van der Waals surface area contributed by atoms with Gasteiger partial charge >= 0.3 is 0 Å². The van der Waals surface area contributed by atoms with Crippen molar-refractivity contribution in [2.45, 2.75) is 26.8 Å². The lowest BCUT2D eigenvalue weighted by Crippen LogP contribution is -2.31. The van der Waals surface area contributed by atoms with E-state index in [9.17, 15) is 4.79 Å².